The Hall–Kier alpha value is -0.395. The van der Waals surface area contributed by atoms with Crippen molar-refractivity contribution in [3.63, 3.8) is 0 Å². The molecule has 1 rings (SSSR count). The molecule has 2 heteroatoms. The second kappa shape index (κ2) is 3.70. The standard InChI is InChI=1S/C8H13BO/c1-2-10-8-5-3-4-7(9)6-8/h5,7H,2-4,6H2,1H3. The van der Waals surface area contributed by atoms with Gasteiger partial charge in [-0.15, -0.1) is 0 Å². The van der Waals surface area contributed by atoms with Crippen molar-refractivity contribution in [1.82, 2.24) is 0 Å². The molecular formula is C8H13BO. The summed E-state index contributed by atoms with van der Waals surface area (Å²) >= 11 is 0. The molecule has 54 valence electrons. The predicted molar refractivity (Wildman–Crippen MR) is 43.1 cm³/mol. The zero-order valence-corrected chi connectivity index (χ0v) is 6.47. The predicted octanol–water partition coefficient (Wildman–Crippen LogP) is 2.05. The van der Waals surface area contributed by atoms with E-state index in [0.29, 0.717) is 5.82 Å². The first-order chi connectivity index (χ1) is 4.83. The molecule has 0 saturated heterocycles. The Morgan fingerprint density at radius 3 is 3.20 bits per heavy atom. The van der Waals surface area contributed by atoms with Crippen molar-refractivity contribution in [2.45, 2.75) is 32.0 Å². The molecule has 0 aliphatic heterocycles. The first-order valence-electron chi connectivity index (χ1n) is 3.90. The Labute approximate surface area is 63.9 Å². The highest BCUT2D eigenvalue weighted by Crippen LogP contribution is 2.26. The van der Waals surface area contributed by atoms with E-state index >= 15 is 0 Å². The Morgan fingerprint density at radius 2 is 2.60 bits per heavy atom. The van der Waals surface area contributed by atoms with Crippen molar-refractivity contribution in [3.05, 3.63) is 11.8 Å². The van der Waals surface area contributed by atoms with E-state index < -0.39 is 0 Å². The van der Waals surface area contributed by atoms with Gasteiger partial charge in [-0.1, -0.05) is 12.2 Å². The van der Waals surface area contributed by atoms with Crippen LogP contribution in [-0.4, -0.2) is 14.5 Å². The molecule has 1 atom stereocenters. The van der Waals surface area contributed by atoms with Gasteiger partial charge in [0, 0.05) is 0 Å². The van der Waals surface area contributed by atoms with Gasteiger partial charge in [-0.2, -0.15) is 0 Å². The van der Waals surface area contributed by atoms with Gasteiger partial charge in [0.1, 0.15) is 0 Å². The van der Waals surface area contributed by atoms with Gasteiger partial charge in [-0.25, -0.2) is 0 Å². The Bertz CT molecular complexity index is 131. The highest BCUT2D eigenvalue weighted by molar-refractivity contribution is 6.11. The molecule has 0 heterocycles. The first-order valence-corrected chi connectivity index (χ1v) is 3.90. The lowest BCUT2D eigenvalue weighted by Gasteiger charge is -2.18. The third-order valence-corrected chi connectivity index (χ3v) is 1.70. The van der Waals surface area contributed by atoms with Crippen LogP contribution in [0.5, 0.6) is 0 Å². The molecule has 0 amide bonds. The van der Waals surface area contributed by atoms with Crippen LogP contribution in [0, 0.1) is 0 Å². The van der Waals surface area contributed by atoms with E-state index in [1.165, 1.54) is 0 Å². The van der Waals surface area contributed by atoms with Gasteiger partial charge in [0.2, 0.25) is 0 Å². The summed E-state index contributed by atoms with van der Waals surface area (Å²) in [6.45, 7) is 2.76. The van der Waals surface area contributed by atoms with Crippen LogP contribution in [0.2, 0.25) is 5.82 Å². The molecule has 0 bridgehead atoms. The maximum absolute atomic E-state index is 5.73. The Morgan fingerprint density at radius 1 is 1.80 bits per heavy atom. The molecule has 0 aromatic heterocycles. The van der Waals surface area contributed by atoms with E-state index in [0.717, 1.165) is 31.6 Å². The fourth-order valence-corrected chi connectivity index (χ4v) is 1.21. The molecule has 0 aromatic rings. The van der Waals surface area contributed by atoms with Crippen molar-refractivity contribution in [3.8, 4) is 0 Å². The molecule has 10 heavy (non-hydrogen) atoms. The summed E-state index contributed by atoms with van der Waals surface area (Å²) in [4.78, 5) is 0. The van der Waals surface area contributed by atoms with Crippen molar-refractivity contribution in [1.29, 1.82) is 0 Å². The van der Waals surface area contributed by atoms with Gasteiger partial charge in [0.25, 0.3) is 0 Å². The molecule has 1 aliphatic rings. The van der Waals surface area contributed by atoms with E-state index in [2.05, 4.69) is 6.08 Å². The number of rotatable bonds is 2. The number of allylic oxidation sites excluding steroid dienone is 2. The molecule has 0 fully saturated rings. The monoisotopic (exact) mass is 136 g/mol. The molecule has 1 unspecified atom stereocenters. The van der Waals surface area contributed by atoms with Gasteiger partial charge in [-0.05, 0) is 25.8 Å². The molecule has 0 spiro atoms. The number of ether oxygens (including phenoxy) is 1. The average molecular weight is 136 g/mol. The lowest BCUT2D eigenvalue weighted by Crippen LogP contribution is -2.03. The third-order valence-electron chi connectivity index (χ3n) is 1.70. The van der Waals surface area contributed by atoms with E-state index in [4.69, 9.17) is 12.6 Å². The summed E-state index contributed by atoms with van der Waals surface area (Å²) in [5, 5.41) is 0. The zero-order chi connectivity index (χ0) is 7.40. The highest BCUT2D eigenvalue weighted by atomic mass is 16.5. The van der Waals surface area contributed by atoms with Crippen molar-refractivity contribution >= 4 is 7.85 Å². The van der Waals surface area contributed by atoms with Crippen LogP contribution in [-0.2, 0) is 4.74 Å². The second-order valence-electron chi connectivity index (χ2n) is 2.65. The maximum Gasteiger partial charge on any atom is 0.0915 e. The van der Waals surface area contributed by atoms with Crippen LogP contribution in [0.25, 0.3) is 0 Å². The van der Waals surface area contributed by atoms with Crippen LogP contribution in [0.4, 0.5) is 0 Å². The Balaban J connectivity index is 2.36. The zero-order valence-electron chi connectivity index (χ0n) is 6.47. The van der Waals surface area contributed by atoms with Gasteiger partial charge >= 0.3 is 0 Å². The van der Waals surface area contributed by atoms with Crippen molar-refractivity contribution < 1.29 is 4.74 Å². The summed E-state index contributed by atoms with van der Waals surface area (Å²) in [6, 6.07) is 0. The summed E-state index contributed by atoms with van der Waals surface area (Å²) in [5.74, 6) is 1.41. The van der Waals surface area contributed by atoms with Crippen LogP contribution in [0.3, 0.4) is 0 Å². The average Bonchev–Trinajstić information content (AvgIpc) is 1.88. The van der Waals surface area contributed by atoms with Gasteiger partial charge in [0.05, 0.1) is 20.2 Å². The van der Waals surface area contributed by atoms with Gasteiger partial charge in [-0.3, -0.25) is 0 Å². The molecule has 0 N–H and O–H groups in total. The minimum absolute atomic E-state index is 0.326. The summed E-state index contributed by atoms with van der Waals surface area (Å²) < 4.78 is 5.33. The van der Waals surface area contributed by atoms with Crippen LogP contribution in [0.15, 0.2) is 11.8 Å². The summed E-state index contributed by atoms with van der Waals surface area (Å²) in [6.07, 6.45) is 5.26. The van der Waals surface area contributed by atoms with E-state index in [9.17, 15) is 0 Å². The van der Waals surface area contributed by atoms with Crippen LogP contribution < -0.4 is 0 Å². The second-order valence-corrected chi connectivity index (χ2v) is 2.65. The molecule has 1 aliphatic carbocycles. The van der Waals surface area contributed by atoms with Crippen LogP contribution in [0.1, 0.15) is 26.2 Å². The molecule has 2 radical (unpaired) electrons. The fraction of sp³-hybridized carbons (Fsp3) is 0.750. The number of hydrogen-bond donors (Lipinski definition) is 0. The van der Waals surface area contributed by atoms with E-state index in [-0.39, 0.29) is 0 Å². The summed E-state index contributed by atoms with van der Waals surface area (Å²) in [7, 11) is 5.73. The van der Waals surface area contributed by atoms with Crippen molar-refractivity contribution in [2.24, 2.45) is 0 Å². The Kier molecular flexibility index (Phi) is 2.85. The smallest absolute Gasteiger partial charge is 0.0915 e. The molecular weight excluding hydrogens is 123 g/mol. The normalized spacial score (nSPS) is 25.7. The first kappa shape index (κ1) is 7.71. The summed E-state index contributed by atoms with van der Waals surface area (Å²) in [5.41, 5.74) is 0. The van der Waals surface area contributed by atoms with Crippen molar-refractivity contribution in [2.75, 3.05) is 6.61 Å². The highest BCUT2D eigenvalue weighted by Gasteiger charge is 2.10. The lowest BCUT2D eigenvalue weighted by atomic mass is 9.77. The SMILES string of the molecule is [B]C1CCC=C(OCC)C1. The van der Waals surface area contributed by atoms with Gasteiger partial charge < -0.3 is 4.74 Å². The third kappa shape index (κ3) is 2.09. The van der Waals surface area contributed by atoms with Crippen LogP contribution >= 0.6 is 0 Å². The largest absolute Gasteiger partial charge is 0.499 e. The topological polar surface area (TPSA) is 9.23 Å². The van der Waals surface area contributed by atoms with E-state index in [1.54, 1.807) is 0 Å². The maximum atomic E-state index is 5.73. The molecule has 1 nitrogen and oxygen atoms in total. The lowest BCUT2D eigenvalue weighted by molar-refractivity contribution is 0.211. The quantitative estimate of drug-likeness (QED) is 0.528. The minimum Gasteiger partial charge on any atom is -0.499 e. The molecule has 0 aromatic carbocycles. The minimum atomic E-state index is 0.326. The number of hydrogen-bond acceptors (Lipinski definition) is 1. The van der Waals surface area contributed by atoms with Gasteiger partial charge in [0.15, 0.2) is 0 Å². The van der Waals surface area contributed by atoms with E-state index in [1.807, 2.05) is 6.92 Å². The molecule has 0 saturated carbocycles. The fourth-order valence-electron chi connectivity index (χ4n) is 1.21.